The predicted octanol–water partition coefficient (Wildman–Crippen LogP) is 2.03. The molecule has 32 heavy (non-hydrogen) atoms. The van der Waals surface area contributed by atoms with Crippen LogP contribution in [-0.4, -0.2) is 32.0 Å². The summed E-state index contributed by atoms with van der Waals surface area (Å²) in [5, 5.41) is 14.1. The van der Waals surface area contributed by atoms with Gasteiger partial charge in [-0.25, -0.2) is 9.79 Å². The number of carbonyl (C=O) groups excluding carboxylic acids is 1. The van der Waals surface area contributed by atoms with E-state index in [1.807, 2.05) is 24.6 Å². The van der Waals surface area contributed by atoms with Crippen molar-refractivity contribution in [2.24, 2.45) is 4.99 Å². The highest BCUT2D eigenvalue weighted by atomic mass is 32.1. The number of aromatic nitrogens is 3. The van der Waals surface area contributed by atoms with Crippen molar-refractivity contribution in [2.45, 2.75) is 40.3 Å². The first-order valence-corrected chi connectivity index (χ1v) is 11.2. The normalized spacial score (nSPS) is 16.1. The van der Waals surface area contributed by atoms with Crippen LogP contribution < -0.4 is 14.9 Å². The second-order valence-corrected chi connectivity index (χ2v) is 8.40. The van der Waals surface area contributed by atoms with Gasteiger partial charge in [0.25, 0.3) is 5.56 Å². The van der Waals surface area contributed by atoms with Crippen LogP contribution >= 0.6 is 11.3 Å². The van der Waals surface area contributed by atoms with Crippen LogP contribution in [-0.2, 0) is 16.1 Å². The van der Waals surface area contributed by atoms with Crippen LogP contribution in [0.1, 0.15) is 43.6 Å². The average Bonchev–Trinajstić information content (AvgIpc) is 3.27. The summed E-state index contributed by atoms with van der Waals surface area (Å²) in [5.41, 5.74) is 3.08. The Hall–Kier alpha value is -3.46. The van der Waals surface area contributed by atoms with Crippen LogP contribution in [0.4, 0.5) is 0 Å². The van der Waals surface area contributed by atoms with Crippen LogP contribution in [0.3, 0.4) is 0 Å². The van der Waals surface area contributed by atoms with E-state index in [1.54, 1.807) is 32.2 Å². The van der Waals surface area contributed by atoms with Crippen molar-refractivity contribution in [3.63, 3.8) is 0 Å². The number of esters is 1. The molecule has 0 fully saturated rings. The SMILES string of the molecule is CCOC(=O)C1=C(C)N=c2s/c(=C/c3cnn(CC)c3C)c(=O)n2C1c1ccc(O)cc1. The largest absolute Gasteiger partial charge is 0.508 e. The Morgan fingerprint density at radius 2 is 1.97 bits per heavy atom. The molecule has 0 bridgehead atoms. The minimum absolute atomic E-state index is 0.1000. The molecule has 4 rings (SSSR count). The third kappa shape index (κ3) is 3.69. The standard InChI is InChI=1S/C23H24N4O4S/c1-5-26-14(4)16(12-24-26)11-18-21(29)27-20(15-7-9-17(28)10-8-15)19(22(30)31-6-2)13(3)25-23(27)32-18/h7-12,20,28H,5-6H2,1-4H3/b18-11+. The van der Waals surface area contributed by atoms with Gasteiger partial charge in [0.15, 0.2) is 4.80 Å². The Kier molecular flexibility index (Phi) is 5.84. The molecule has 3 aromatic rings. The highest BCUT2D eigenvalue weighted by Crippen LogP contribution is 2.31. The van der Waals surface area contributed by atoms with E-state index in [0.29, 0.717) is 26.2 Å². The Bertz CT molecular complexity index is 1390. The Morgan fingerprint density at radius 3 is 2.59 bits per heavy atom. The molecule has 2 aromatic heterocycles. The molecule has 1 unspecified atom stereocenters. The number of thiazole rings is 1. The number of aromatic hydroxyl groups is 1. The van der Waals surface area contributed by atoms with Crippen molar-refractivity contribution < 1.29 is 14.6 Å². The first kappa shape index (κ1) is 21.8. The monoisotopic (exact) mass is 452 g/mol. The summed E-state index contributed by atoms with van der Waals surface area (Å²) in [4.78, 5) is 31.4. The van der Waals surface area contributed by atoms with Crippen molar-refractivity contribution in [3.05, 3.63) is 78.2 Å². The zero-order valence-corrected chi connectivity index (χ0v) is 19.1. The summed E-state index contributed by atoms with van der Waals surface area (Å²) in [5.74, 6) is -0.413. The summed E-state index contributed by atoms with van der Waals surface area (Å²) in [6.07, 6.45) is 3.55. The molecule has 166 valence electrons. The van der Waals surface area contributed by atoms with E-state index in [1.165, 1.54) is 28.0 Å². The fourth-order valence-electron chi connectivity index (χ4n) is 3.83. The summed E-state index contributed by atoms with van der Waals surface area (Å²) in [6.45, 7) is 8.40. The number of carbonyl (C=O) groups is 1. The van der Waals surface area contributed by atoms with E-state index in [0.717, 1.165) is 17.8 Å². The first-order chi connectivity index (χ1) is 15.3. The second-order valence-electron chi connectivity index (χ2n) is 7.39. The lowest BCUT2D eigenvalue weighted by molar-refractivity contribution is -0.139. The quantitative estimate of drug-likeness (QED) is 0.598. The van der Waals surface area contributed by atoms with Crippen molar-refractivity contribution in [3.8, 4) is 5.75 Å². The van der Waals surface area contributed by atoms with Gasteiger partial charge in [0.2, 0.25) is 0 Å². The third-order valence-electron chi connectivity index (χ3n) is 5.45. The van der Waals surface area contributed by atoms with Crippen molar-refractivity contribution in [1.82, 2.24) is 14.3 Å². The number of benzene rings is 1. The molecular weight excluding hydrogens is 428 g/mol. The molecule has 0 spiro atoms. The smallest absolute Gasteiger partial charge is 0.338 e. The minimum Gasteiger partial charge on any atom is -0.508 e. The van der Waals surface area contributed by atoms with E-state index in [4.69, 9.17) is 4.74 Å². The van der Waals surface area contributed by atoms with E-state index < -0.39 is 12.0 Å². The lowest BCUT2D eigenvalue weighted by Gasteiger charge is -2.24. The topological polar surface area (TPSA) is 98.7 Å². The fraction of sp³-hybridized carbons (Fsp3) is 0.304. The zero-order valence-electron chi connectivity index (χ0n) is 18.3. The van der Waals surface area contributed by atoms with Gasteiger partial charge in [-0.1, -0.05) is 23.5 Å². The molecule has 1 aromatic carbocycles. The van der Waals surface area contributed by atoms with Crippen molar-refractivity contribution in [2.75, 3.05) is 6.61 Å². The van der Waals surface area contributed by atoms with Crippen LogP contribution in [0.2, 0.25) is 0 Å². The molecule has 9 heteroatoms. The predicted molar refractivity (Wildman–Crippen MR) is 121 cm³/mol. The molecule has 8 nitrogen and oxygen atoms in total. The molecule has 0 aliphatic carbocycles. The van der Waals surface area contributed by atoms with E-state index in [9.17, 15) is 14.7 Å². The van der Waals surface area contributed by atoms with Crippen molar-refractivity contribution >= 4 is 23.4 Å². The van der Waals surface area contributed by atoms with E-state index in [2.05, 4.69) is 10.1 Å². The molecule has 1 atom stereocenters. The molecule has 1 aliphatic rings. The maximum Gasteiger partial charge on any atom is 0.338 e. The molecule has 3 heterocycles. The van der Waals surface area contributed by atoms with Gasteiger partial charge in [-0.2, -0.15) is 5.10 Å². The van der Waals surface area contributed by atoms with Gasteiger partial charge < -0.3 is 9.84 Å². The number of allylic oxidation sites excluding steroid dienone is 1. The van der Waals surface area contributed by atoms with Crippen LogP contribution in [0.5, 0.6) is 5.75 Å². The van der Waals surface area contributed by atoms with Gasteiger partial charge >= 0.3 is 5.97 Å². The van der Waals surface area contributed by atoms with E-state index in [-0.39, 0.29) is 17.9 Å². The summed E-state index contributed by atoms with van der Waals surface area (Å²) in [6, 6.07) is 5.76. The van der Waals surface area contributed by atoms with E-state index >= 15 is 0 Å². The minimum atomic E-state index is -0.701. The number of ether oxygens (including phenoxy) is 1. The first-order valence-electron chi connectivity index (χ1n) is 10.4. The number of phenols is 1. The lowest BCUT2D eigenvalue weighted by atomic mass is 9.96. The fourth-order valence-corrected chi connectivity index (χ4v) is 4.86. The molecular formula is C23H24N4O4S. The summed E-state index contributed by atoms with van der Waals surface area (Å²) in [7, 11) is 0. The lowest BCUT2D eigenvalue weighted by Crippen LogP contribution is -2.39. The third-order valence-corrected chi connectivity index (χ3v) is 6.44. The van der Waals surface area contributed by atoms with Gasteiger partial charge in [0.1, 0.15) is 5.75 Å². The molecule has 0 saturated carbocycles. The number of rotatable bonds is 5. The molecule has 0 radical (unpaired) electrons. The molecule has 1 aliphatic heterocycles. The number of hydrogen-bond donors (Lipinski definition) is 1. The van der Waals surface area contributed by atoms with Crippen molar-refractivity contribution in [1.29, 1.82) is 0 Å². The highest BCUT2D eigenvalue weighted by Gasteiger charge is 2.33. The number of nitrogens with zero attached hydrogens (tertiary/aromatic N) is 4. The van der Waals surface area contributed by atoms with Crippen LogP contribution in [0, 0.1) is 6.92 Å². The average molecular weight is 453 g/mol. The number of hydrogen-bond acceptors (Lipinski definition) is 7. The number of fused-ring (bicyclic) bond motifs is 1. The molecule has 1 N–H and O–H groups in total. The van der Waals surface area contributed by atoms with Gasteiger partial charge in [-0.05, 0) is 51.5 Å². The molecule has 0 amide bonds. The Balaban J connectivity index is 1.95. The number of phenolic OH excluding ortho intramolecular Hbond substituents is 1. The summed E-state index contributed by atoms with van der Waals surface area (Å²) >= 11 is 1.27. The summed E-state index contributed by atoms with van der Waals surface area (Å²) < 4.78 is 9.18. The van der Waals surface area contributed by atoms with Gasteiger partial charge in [0, 0.05) is 17.8 Å². The van der Waals surface area contributed by atoms with Gasteiger partial charge in [-0.15, -0.1) is 0 Å². The number of aryl methyl sites for hydroxylation is 1. The van der Waals surface area contributed by atoms with Crippen LogP contribution in [0.15, 0.2) is 51.5 Å². The maximum atomic E-state index is 13.5. The van der Waals surface area contributed by atoms with Gasteiger partial charge in [0.05, 0.1) is 34.6 Å². The molecule has 0 saturated heterocycles. The van der Waals surface area contributed by atoms with Crippen LogP contribution in [0.25, 0.3) is 6.08 Å². The Morgan fingerprint density at radius 1 is 1.25 bits per heavy atom. The second kappa shape index (κ2) is 8.58. The van der Waals surface area contributed by atoms with Gasteiger partial charge in [-0.3, -0.25) is 14.0 Å². The highest BCUT2D eigenvalue weighted by molar-refractivity contribution is 7.07. The zero-order chi connectivity index (χ0) is 23.0. The maximum absolute atomic E-state index is 13.5. The Labute approximate surface area is 188 Å².